The van der Waals surface area contributed by atoms with Crippen molar-refractivity contribution in [1.29, 1.82) is 0 Å². The number of ether oxygens (including phenoxy) is 1. The second-order valence-corrected chi connectivity index (χ2v) is 5.55. The van der Waals surface area contributed by atoms with Crippen molar-refractivity contribution >= 4 is 6.09 Å². The van der Waals surface area contributed by atoms with E-state index in [1.165, 1.54) is 19.3 Å². The molecule has 0 atom stereocenters. The molecule has 6 nitrogen and oxygen atoms in total. The van der Waals surface area contributed by atoms with Crippen LogP contribution in [0, 0.1) is 0 Å². The minimum Gasteiger partial charge on any atom is -0.443 e. The lowest BCUT2D eigenvalue weighted by Crippen LogP contribution is -2.36. The number of H-pyrrole nitrogens is 1. The zero-order valence-corrected chi connectivity index (χ0v) is 12.4. The maximum Gasteiger partial charge on any atom is 0.407 e. The number of carbonyl (C=O) groups excluding carboxylic acids is 1. The molecule has 1 saturated carbocycles. The molecule has 0 unspecified atom stereocenters. The third kappa shape index (κ3) is 3.63. The molecule has 0 saturated heterocycles. The molecule has 0 bridgehead atoms. The Labute approximate surface area is 129 Å². The quantitative estimate of drug-likeness (QED) is 0.909. The number of hydrogen-bond acceptors (Lipinski definition) is 4. The van der Waals surface area contributed by atoms with Crippen LogP contribution in [0.5, 0.6) is 0 Å². The molecular formula is C16H20N4O2. The Morgan fingerprint density at radius 1 is 1.23 bits per heavy atom. The van der Waals surface area contributed by atoms with E-state index in [0.717, 1.165) is 24.1 Å². The predicted molar refractivity (Wildman–Crippen MR) is 82.0 cm³/mol. The van der Waals surface area contributed by atoms with Crippen LogP contribution in [0.4, 0.5) is 4.79 Å². The lowest BCUT2D eigenvalue weighted by atomic mass is 9.96. The number of alkyl carbamates (subject to hydrolysis) is 1. The number of nitrogens with one attached hydrogen (secondary N) is 2. The van der Waals surface area contributed by atoms with Gasteiger partial charge in [0.2, 0.25) is 0 Å². The molecule has 1 aliphatic rings. The summed E-state index contributed by atoms with van der Waals surface area (Å²) in [6.45, 7) is 0.110. The van der Waals surface area contributed by atoms with Gasteiger partial charge in [-0.1, -0.05) is 54.8 Å². The maximum absolute atomic E-state index is 11.9. The lowest BCUT2D eigenvalue weighted by molar-refractivity contribution is 0.132. The summed E-state index contributed by atoms with van der Waals surface area (Å²) >= 11 is 0. The van der Waals surface area contributed by atoms with Crippen molar-refractivity contribution in [3.63, 3.8) is 0 Å². The first-order chi connectivity index (χ1) is 10.8. The fourth-order valence-electron chi connectivity index (χ4n) is 2.78. The Hall–Kier alpha value is -2.37. The zero-order chi connectivity index (χ0) is 15.2. The minimum atomic E-state index is -0.381. The molecule has 3 rings (SSSR count). The predicted octanol–water partition coefficient (Wildman–Crippen LogP) is 3.03. The third-order valence-electron chi connectivity index (χ3n) is 3.95. The second kappa shape index (κ2) is 7.06. The van der Waals surface area contributed by atoms with E-state index in [1.807, 2.05) is 30.3 Å². The molecule has 6 heteroatoms. The molecule has 1 heterocycles. The van der Waals surface area contributed by atoms with Crippen LogP contribution in [0.1, 0.15) is 37.8 Å². The van der Waals surface area contributed by atoms with E-state index >= 15 is 0 Å². The Kier molecular flexibility index (Phi) is 4.68. The van der Waals surface area contributed by atoms with Gasteiger partial charge in [-0.2, -0.15) is 0 Å². The van der Waals surface area contributed by atoms with Crippen LogP contribution in [-0.2, 0) is 11.3 Å². The molecule has 1 amide bonds. The van der Waals surface area contributed by atoms with E-state index in [4.69, 9.17) is 4.74 Å². The molecular weight excluding hydrogens is 280 g/mol. The van der Waals surface area contributed by atoms with E-state index in [2.05, 4.69) is 20.7 Å². The van der Waals surface area contributed by atoms with Gasteiger partial charge in [0.1, 0.15) is 12.3 Å². The summed E-state index contributed by atoms with van der Waals surface area (Å²) in [6, 6.07) is 9.99. The van der Waals surface area contributed by atoms with Crippen molar-refractivity contribution in [1.82, 2.24) is 20.7 Å². The topological polar surface area (TPSA) is 79.9 Å². The van der Waals surface area contributed by atoms with E-state index < -0.39 is 0 Å². The molecule has 2 N–H and O–H groups in total. The smallest absolute Gasteiger partial charge is 0.407 e. The van der Waals surface area contributed by atoms with Crippen molar-refractivity contribution in [2.75, 3.05) is 0 Å². The van der Waals surface area contributed by atoms with Gasteiger partial charge >= 0.3 is 6.09 Å². The Bertz CT molecular complexity index is 606. The summed E-state index contributed by atoms with van der Waals surface area (Å²) in [6.07, 6.45) is 5.29. The average molecular weight is 300 g/mol. The molecule has 1 aromatic carbocycles. The van der Waals surface area contributed by atoms with Gasteiger partial charge < -0.3 is 10.1 Å². The van der Waals surface area contributed by atoms with Gasteiger partial charge in [-0.3, -0.25) is 5.10 Å². The van der Waals surface area contributed by atoms with Crippen LogP contribution in [0.3, 0.4) is 0 Å². The minimum absolute atomic E-state index is 0.110. The van der Waals surface area contributed by atoms with Crippen LogP contribution >= 0.6 is 0 Å². The largest absolute Gasteiger partial charge is 0.443 e. The van der Waals surface area contributed by atoms with Crippen molar-refractivity contribution < 1.29 is 9.53 Å². The first-order valence-electron chi connectivity index (χ1n) is 7.71. The van der Waals surface area contributed by atoms with Crippen LogP contribution < -0.4 is 5.32 Å². The van der Waals surface area contributed by atoms with Gasteiger partial charge in [0.25, 0.3) is 0 Å². The van der Waals surface area contributed by atoms with Gasteiger partial charge in [-0.15, -0.1) is 5.10 Å². The molecule has 2 aromatic rings. The highest BCUT2D eigenvalue weighted by molar-refractivity contribution is 5.68. The summed E-state index contributed by atoms with van der Waals surface area (Å²) in [7, 11) is 0. The van der Waals surface area contributed by atoms with E-state index in [9.17, 15) is 4.79 Å². The van der Waals surface area contributed by atoms with Gasteiger partial charge in [-0.05, 0) is 12.8 Å². The van der Waals surface area contributed by atoms with Gasteiger partial charge in [0, 0.05) is 11.6 Å². The normalized spacial score (nSPS) is 15.5. The highest BCUT2D eigenvalue weighted by atomic mass is 16.5. The first kappa shape index (κ1) is 14.6. The molecule has 1 fully saturated rings. The fraction of sp³-hybridized carbons (Fsp3) is 0.438. The average Bonchev–Trinajstić information content (AvgIpc) is 3.03. The summed E-state index contributed by atoms with van der Waals surface area (Å²) in [5.74, 6) is 0. The molecule has 0 spiro atoms. The number of carbonyl (C=O) groups is 1. The standard InChI is InChI=1S/C16H20N4O2/c21-16(17-13-9-5-2-6-10-13)22-11-14-15(19-20-18-14)12-7-3-1-4-8-12/h1,3-4,7-8,13H,2,5-6,9-11H2,(H,17,21)(H,18,19,20). The summed E-state index contributed by atoms with van der Waals surface area (Å²) in [5.41, 5.74) is 2.38. The number of aromatic amines is 1. The van der Waals surface area contributed by atoms with Crippen molar-refractivity contribution in [2.24, 2.45) is 0 Å². The first-order valence-corrected chi connectivity index (χ1v) is 7.71. The molecule has 0 aliphatic heterocycles. The summed E-state index contributed by atoms with van der Waals surface area (Å²) in [5, 5.41) is 13.6. The zero-order valence-electron chi connectivity index (χ0n) is 12.4. The molecule has 1 aromatic heterocycles. The highest BCUT2D eigenvalue weighted by Gasteiger charge is 2.17. The van der Waals surface area contributed by atoms with E-state index in [1.54, 1.807) is 0 Å². The maximum atomic E-state index is 11.9. The van der Waals surface area contributed by atoms with Crippen molar-refractivity contribution in [3.8, 4) is 11.3 Å². The fourth-order valence-corrected chi connectivity index (χ4v) is 2.78. The third-order valence-corrected chi connectivity index (χ3v) is 3.95. The number of aromatic nitrogens is 3. The lowest BCUT2D eigenvalue weighted by Gasteiger charge is -2.22. The SMILES string of the molecule is O=C(NC1CCCCC1)OCc1nn[nH]c1-c1ccccc1. The van der Waals surface area contributed by atoms with Gasteiger partial charge in [0.05, 0.1) is 5.69 Å². The number of benzene rings is 1. The van der Waals surface area contributed by atoms with Crippen LogP contribution in [0.2, 0.25) is 0 Å². The number of hydrogen-bond donors (Lipinski definition) is 2. The summed E-state index contributed by atoms with van der Waals surface area (Å²) in [4.78, 5) is 11.9. The molecule has 22 heavy (non-hydrogen) atoms. The number of amides is 1. The summed E-state index contributed by atoms with van der Waals surface area (Å²) < 4.78 is 5.28. The number of nitrogens with zero attached hydrogens (tertiary/aromatic N) is 2. The Balaban J connectivity index is 1.55. The molecule has 1 aliphatic carbocycles. The van der Waals surface area contributed by atoms with Gasteiger partial charge in [-0.25, -0.2) is 4.79 Å². The van der Waals surface area contributed by atoms with Gasteiger partial charge in [0.15, 0.2) is 0 Å². The van der Waals surface area contributed by atoms with Crippen LogP contribution in [0.15, 0.2) is 30.3 Å². The van der Waals surface area contributed by atoms with Crippen LogP contribution in [-0.4, -0.2) is 27.5 Å². The van der Waals surface area contributed by atoms with Crippen LogP contribution in [0.25, 0.3) is 11.3 Å². The Morgan fingerprint density at radius 3 is 2.77 bits per heavy atom. The highest BCUT2D eigenvalue weighted by Crippen LogP contribution is 2.20. The second-order valence-electron chi connectivity index (χ2n) is 5.55. The van der Waals surface area contributed by atoms with Crippen molar-refractivity contribution in [2.45, 2.75) is 44.8 Å². The molecule has 0 radical (unpaired) electrons. The Morgan fingerprint density at radius 2 is 2.00 bits per heavy atom. The monoisotopic (exact) mass is 300 g/mol. The number of rotatable bonds is 4. The van der Waals surface area contributed by atoms with E-state index in [0.29, 0.717) is 5.69 Å². The van der Waals surface area contributed by atoms with E-state index in [-0.39, 0.29) is 18.7 Å². The molecule has 116 valence electrons. The van der Waals surface area contributed by atoms with Crippen molar-refractivity contribution in [3.05, 3.63) is 36.0 Å².